The van der Waals surface area contributed by atoms with E-state index in [-0.39, 0.29) is 5.91 Å². The van der Waals surface area contributed by atoms with E-state index in [0.717, 1.165) is 12.8 Å². The molecule has 0 spiro atoms. The van der Waals surface area contributed by atoms with E-state index in [9.17, 15) is 4.79 Å². The Hall–Kier alpha value is -1.51. The van der Waals surface area contributed by atoms with Crippen LogP contribution in [0.1, 0.15) is 81.0 Å². The Bertz CT molecular complexity index is 460. The molecule has 1 N–H and O–H groups in total. The van der Waals surface area contributed by atoms with Crippen molar-refractivity contribution >= 4 is 5.91 Å². The Balaban J connectivity index is 1.92. The third-order valence-corrected chi connectivity index (χ3v) is 4.79. The molecule has 0 saturated heterocycles. The van der Waals surface area contributed by atoms with Gasteiger partial charge in [-0.05, 0) is 25.0 Å². The van der Waals surface area contributed by atoms with Gasteiger partial charge in [-0.2, -0.15) is 0 Å². The molecule has 1 aliphatic carbocycles. The number of ether oxygens (including phenoxy) is 1. The third kappa shape index (κ3) is 6.25. The van der Waals surface area contributed by atoms with Crippen LogP contribution in [-0.4, -0.2) is 19.1 Å². The molecule has 1 aromatic rings. The zero-order chi connectivity index (χ0) is 16.3. The predicted molar refractivity (Wildman–Crippen MR) is 95.0 cm³/mol. The minimum Gasteiger partial charge on any atom is -0.496 e. The summed E-state index contributed by atoms with van der Waals surface area (Å²) in [5.74, 6) is 0.651. The summed E-state index contributed by atoms with van der Waals surface area (Å²) in [4.78, 5) is 12.6. The van der Waals surface area contributed by atoms with Gasteiger partial charge in [0.2, 0.25) is 0 Å². The van der Waals surface area contributed by atoms with Crippen LogP contribution in [0.4, 0.5) is 0 Å². The maximum atomic E-state index is 12.6. The molecule has 3 heteroatoms. The molecule has 1 aliphatic rings. The Morgan fingerprint density at radius 2 is 1.43 bits per heavy atom. The second-order valence-corrected chi connectivity index (χ2v) is 6.63. The molecule has 23 heavy (non-hydrogen) atoms. The highest BCUT2D eigenvalue weighted by Crippen LogP contribution is 2.20. The molecule has 0 aromatic heterocycles. The van der Waals surface area contributed by atoms with E-state index in [1.54, 1.807) is 7.11 Å². The minimum absolute atomic E-state index is 0.000422. The van der Waals surface area contributed by atoms with Crippen molar-refractivity contribution in [1.82, 2.24) is 5.32 Å². The summed E-state index contributed by atoms with van der Waals surface area (Å²) >= 11 is 0. The smallest absolute Gasteiger partial charge is 0.255 e. The molecule has 0 atom stereocenters. The lowest BCUT2D eigenvalue weighted by Gasteiger charge is -2.20. The van der Waals surface area contributed by atoms with E-state index in [1.165, 1.54) is 57.8 Å². The fourth-order valence-corrected chi connectivity index (χ4v) is 3.40. The number of benzene rings is 1. The molecular formula is C20H31NO2. The lowest BCUT2D eigenvalue weighted by Crippen LogP contribution is -2.35. The molecule has 0 heterocycles. The van der Waals surface area contributed by atoms with E-state index in [2.05, 4.69) is 5.32 Å². The lowest BCUT2D eigenvalue weighted by atomic mass is 9.97. The topological polar surface area (TPSA) is 38.3 Å². The van der Waals surface area contributed by atoms with E-state index < -0.39 is 0 Å². The summed E-state index contributed by atoms with van der Waals surface area (Å²) in [7, 11) is 1.61. The first-order valence-electron chi connectivity index (χ1n) is 9.25. The van der Waals surface area contributed by atoms with Crippen LogP contribution in [0.3, 0.4) is 0 Å². The molecule has 128 valence electrons. The molecule has 1 aromatic carbocycles. The van der Waals surface area contributed by atoms with Crippen LogP contribution in [0.15, 0.2) is 24.3 Å². The fraction of sp³-hybridized carbons (Fsp3) is 0.650. The van der Waals surface area contributed by atoms with Crippen LogP contribution in [-0.2, 0) is 0 Å². The van der Waals surface area contributed by atoms with Gasteiger partial charge in [-0.15, -0.1) is 0 Å². The zero-order valence-electron chi connectivity index (χ0n) is 14.5. The number of carbonyl (C=O) groups is 1. The lowest BCUT2D eigenvalue weighted by molar-refractivity contribution is 0.0928. The summed E-state index contributed by atoms with van der Waals surface area (Å²) < 4.78 is 5.31. The summed E-state index contributed by atoms with van der Waals surface area (Å²) in [5.41, 5.74) is 0.640. The first kappa shape index (κ1) is 17.8. The molecule has 0 unspecified atom stereocenters. The van der Waals surface area contributed by atoms with Gasteiger partial charge in [0.25, 0.3) is 5.91 Å². The van der Waals surface area contributed by atoms with Gasteiger partial charge >= 0.3 is 0 Å². The number of carbonyl (C=O) groups excluding carboxylic acids is 1. The first-order chi connectivity index (χ1) is 11.3. The monoisotopic (exact) mass is 317 g/mol. The molecule has 0 bridgehead atoms. The standard InChI is InChI=1S/C20H31NO2/c1-23-19-16-12-11-15-18(19)20(22)21-17-13-9-7-5-3-2-4-6-8-10-14-17/h11-12,15-17H,2-10,13-14H2,1H3,(H,21,22). The number of methoxy groups -OCH3 is 1. The molecule has 1 amide bonds. The second kappa shape index (κ2) is 10.3. The van der Waals surface area contributed by atoms with Crippen LogP contribution in [0.25, 0.3) is 0 Å². The van der Waals surface area contributed by atoms with Crippen LogP contribution in [0, 0.1) is 0 Å². The summed E-state index contributed by atoms with van der Waals surface area (Å²) in [6, 6.07) is 7.76. The second-order valence-electron chi connectivity index (χ2n) is 6.63. The minimum atomic E-state index is -0.000422. The summed E-state index contributed by atoms with van der Waals surface area (Å²) in [5, 5.41) is 3.24. The largest absolute Gasteiger partial charge is 0.496 e. The van der Waals surface area contributed by atoms with Crippen molar-refractivity contribution in [2.45, 2.75) is 76.7 Å². The first-order valence-corrected chi connectivity index (χ1v) is 9.25. The third-order valence-electron chi connectivity index (χ3n) is 4.79. The van der Waals surface area contributed by atoms with Crippen molar-refractivity contribution in [1.29, 1.82) is 0 Å². The highest BCUT2D eigenvalue weighted by molar-refractivity contribution is 5.97. The van der Waals surface area contributed by atoms with Gasteiger partial charge in [-0.3, -0.25) is 4.79 Å². The SMILES string of the molecule is COc1ccccc1C(=O)NC1CCCCCCCCCCC1. The van der Waals surface area contributed by atoms with E-state index in [1.807, 2.05) is 24.3 Å². The number of amides is 1. The summed E-state index contributed by atoms with van der Waals surface area (Å²) in [6.45, 7) is 0. The van der Waals surface area contributed by atoms with Crippen molar-refractivity contribution in [3.63, 3.8) is 0 Å². The van der Waals surface area contributed by atoms with E-state index >= 15 is 0 Å². The van der Waals surface area contributed by atoms with Gasteiger partial charge in [0.05, 0.1) is 12.7 Å². The van der Waals surface area contributed by atoms with Gasteiger partial charge in [-0.1, -0.05) is 69.9 Å². The Labute approximate surface area is 140 Å². The number of rotatable bonds is 3. The van der Waals surface area contributed by atoms with Gasteiger partial charge in [0, 0.05) is 6.04 Å². The average molecular weight is 317 g/mol. The van der Waals surface area contributed by atoms with Crippen molar-refractivity contribution in [3.05, 3.63) is 29.8 Å². The van der Waals surface area contributed by atoms with Crippen LogP contribution < -0.4 is 10.1 Å². The van der Waals surface area contributed by atoms with Crippen LogP contribution >= 0.6 is 0 Å². The molecule has 0 radical (unpaired) electrons. The van der Waals surface area contributed by atoms with Gasteiger partial charge in [0.15, 0.2) is 0 Å². The molecular weight excluding hydrogens is 286 g/mol. The molecule has 3 nitrogen and oxygen atoms in total. The number of nitrogens with one attached hydrogen (secondary N) is 1. The van der Waals surface area contributed by atoms with Crippen LogP contribution in [0.5, 0.6) is 5.75 Å². The van der Waals surface area contributed by atoms with E-state index in [0.29, 0.717) is 17.4 Å². The maximum Gasteiger partial charge on any atom is 0.255 e. The Morgan fingerprint density at radius 3 is 2.00 bits per heavy atom. The normalized spacial score (nSPS) is 18.5. The van der Waals surface area contributed by atoms with Crippen molar-refractivity contribution in [3.8, 4) is 5.75 Å². The average Bonchev–Trinajstić information content (AvgIpc) is 2.57. The number of hydrogen-bond donors (Lipinski definition) is 1. The zero-order valence-corrected chi connectivity index (χ0v) is 14.5. The van der Waals surface area contributed by atoms with E-state index in [4.69, 9.17) is 4.74 Å². The summed E-state index contributed by atoms with van der Waals surface area (Å²) in [6.07, 6.45) is 14.0. The molecule has 1 fully saturated rings. The van der Waals surface area contributed by atoms with Gasteiger partial charge in [-0.25, -0.2) is 0 Å². The van der Waals surface area contributed by atoms with Gasteiger partial charge in [0.1, 0.15) is 5.75 Å². The van der Waals surface area contributed by atoms with Gasteiger partial charge < -0.3 is 10.1 Å². The predicted octanol–water partition coefficient (Wildman–Crippen LogP) is 5.10. The number of hydrogen-bond acceptors (Lipinski definition) is 2. The van der Waals surface area contributed by atoms with Crippen molar-refractivity contribution < 1.29 is 9.53 Å². The maximum absolute atomic E-state index is 12.6. The van der Waals surface area contributed by atoms with Crippen molar-refractivity contribution in [2.24, 2.45) is 0 Å². The highest BCUT2D eigenvalue weighted by atomic mass is 16.5. The van der Waals surface area contributed by atoms with Crippen LogP contribution in [0.2, 0.25) is 0 Å². The molecule has 0 aliphatic heterocycles. The molecule has 2 rings (SSSR count). The molecule has 1 saturated carbocycles. The Morgan fingerprint density at radius 1 is 0.913 bits per heavy atom. The number of para-hydroxylation sites is 1. The fourth-order valence-electron chi connectivity index (χ4n) is 3.40. The van der Waals surface area contributed by atoms with Crippen molar-refractivity contribution in [2.75, 3.05) is 7.11 Å². The Kier molecular flexibility index (Phi) is 7.99. The highest BCUT2D eigenvalue weighted by Gasteiger charge is 2.16. The quantitative estimate of drug-likeness (QED) is 0.842.